The van der Waals surface area contributed by atoms with Crippen molar-refractivity contribution in [2.45, 2.75) is 71.4 Å². The lowest BCUT2D eigenvalue weighted by Gasteiger charge is -2.31. The van der Waals surface area contributed by atoms with Gasteiger partial charge in [-0.25, -0.2) is 0 Å². The van der Waals surface area contributed by atoms with Crippen LogP contribution in [0.3, 0.4) is 0 Å². The summed E-state index contributed by atoms with van der Waals surface area (Å²) in [6, 6.07) is 0.587. The molecule has 0 spiro atoms. The molecular weight excluding hydrogens is 198 g/mol. The molecule has 1 saturated heterocycles. The lowest BCUT2D eigenvalue weighted by Crippen LogP contribution is -2.42. The number of likely N-dealkylation sites (N-methyl/N-ethyl adjacent to an activating group) is 1. The molecule has 0 amide bonds. The van der Waals surface area contributed by atoms with E-state index in [1.165, 1.54) is 38.5 Å². The van der Waals surface area contributed by atoms with Crippen LogP contribution < -0.4 is 5.32 Å². The molecule has 0 aromatic carbocycles. The van der Waals surface area contributed by atoms with Crippen LogP contribution in [0, 0.1) is 5.92 Å². The first-order valence-corrected chi connectivity index (χ1v) is 7.09. The first kappa shape index (κ1) is 14.0. The highest BCUT2D eigenvalue weighted by Crippen LogP contribution is 2.20. The Balaban J connectivity index is 2.27. The Bertz CT molecular complexity index is 164. The summed E-state index contributed by atoms with van der Waals surface area (Å²) < 4.78 is 5.89. The number of rotatable bonds is 7. The molecule has 16 heavy (non-hydrogen) atoms. The van der Waals surface area contributed by atoms with Crippen molar-refractivity contribution >= 4 is 0 Å². The summed E-state index contributed by atoms with van der Waals surface area (Å²) in [5.41, 5.74) is 0. The van der Waals surface area contributed by atoms with Crippen molar-refractivity contribution in [3.8, 4) is 0 Å². The van der Waals surface area contributed by atoms with Gasteiger partial charge in [-0.05, 0) is 38.1 Å². The third-order valence-electron chi connectivity index (χ3n) is 3.43. The van der Waals surface area contributed by atoms with Crippen molar-refractivity contribution in [3.05, 3.63) is 0 Å². The Hall–Kier alpha value is -0.0800. The Morgan fingerprint density at radius 1 is 1.25 bits per heavy atom. The summed E-state index contributed by atoms with van der Waals surface area (Å²) in [5.74, 6) is 0.828. The maximum absolute atomic E-state index is 5.89. The van der Waals surface area contributed by atoms with Gasteiger partial charge in [-0.15, -0.1) is 0 Å². The first-order valence-electron chi connectivity index (χ1n) is 7.09. The molecular formula is C14H29NO. The molecule has 0 radical (unpaired) electrons. The zero-order valence-corrected chi connectivity index (χ0v) is 11.3. The van der Waals surface area contributed by atoms with E-state index in [1.807, 2.05) is 0 Å². The quantitative estimate of drug-likeness (QED) is 0.720. The molecule has 2 heteroatoms. The molecule has 0 saturated carbocycles. The van der Waals surface area contributed by atoms with Crippen molar-refractivity contribution in [3.63, 3.8) is 0 Å². The van der Waals surface area contributed by atoms with Crippen molar-refractivity contribution < 1.29 is 4.74 Å². The summed E-state index contributed by atoms with van der Waals surface area (Å²) in [5, 5.41) is 3.60. The summed E-state index contributed by atoms with van der Waals surface area (Å²) >= 11 is 0. The molecule has 0 aliphatic carbocycles. The highest BCUT2D eigenvalue weighted by molar-refractivity contribution is 4.79. The average Bonchev–Trinajstić information content (AvgIpc) is 2.29. The second-order valence-electron chi connectivity index (χ2n) is 5.39. The minimum absolute atomic E-state index is 0.473. The third-order valence-corrected chi connectivity index (χ3v) is 3.43. The SMILES string of the molecule is CCNC(CCCC(C)C)C1CCCCO1. The summed E-state index contributed by atoms with van der Waals surface area (Å²) in [6.45, 7) is 8.83. The fourth-order valence-electron chi connectivity index (χ4n) is 2.51. The van der Waals surface area contributed by atoms with Crippen LogP contribution in [0.15, 0.2) is 0 Å². The van der Waals surface area contributed by atoms with Gasteiger partial charge < -0.3 is 10.1 Å². The molecule has 0 aromatic rings. The van der Waals surface area contributed by atoms with Gasteiger partial charge in [0, 0.05) is 12.6 Å². The van der Waals surface area contributed by atoms with Gasteiger partial charge in [-0.2, -0.15) is 0 Å². The van der Waals surface area contributed by atoms with E-state index in [-0.39, 0.29) is 0 Å². The van der Waals surface area contributed by atoms with Crippen LogP contribution in [0.2, 0.25) is 0 Å². The van der Waals surface area contributed by atoms with Gasteiger partial charge in [0.2, 0.25) is 0 Å². The standard InChI is InChI=1S/C14H29NO/c1-4-15-13(9-7-8-12(2)3)14-10-5-6-11-16-14/h12-15H,4-11H2,1-3H3. The maximum atomic E-state index is 5.89. The Morgan fingerprint density at radius 2 is 2.06 bits per heavy atom. The van der Waals surface area contributed by atoms with Gasteiger partial charge in [0.15, 0.2) is 0 Å². The van der Waals surface area contributed by atoms with E-state index in [1.54, 1.807) is 0 Å². The smallest absolute Gasteiger partial charge is 0.0728 e. The van der Waals surface area contributed by atoms with Crippen LogP contribution in [-0.4, -0.2) is 25.3 Å². The highest BCUT2D eigenvalue weighted by Gasteiger charge is 2.23. The van der Waals surface area contributed by atoms with E-state index < -0.39 is 0 Å². The molecule has 1 aliphatic rings. The first-order chi connectivity index (χ1) is 7.74. The molecule has 1 heterocycles. The van der Waals surface area contributed by atoms with E-state index >= 15 is 0 Å². The predicted molar refractivity (Wildman–Crippen MR) is 69.7 cm³/mol. The fourth-order valence-corrected chi connectivity index (χ4v) is 2.51. The molecule has 0 bridgehead atoms. The molecule has 1 N–H and O–H groups in total. The molecule has 2 atom stereocenters. The van der Waals surface area contributed by atoms with Crippen molar-refractivity contribution in [1.29, 1.82) is 0 Å². The van der Waals surface area contributed by atoms with Crippen LogP contribution in [0.4, 0.5) is 0 Å². The van der Waals surface area contributed by atoms with E-state index in [0.29, 0.717) is 12.1 Å². The van der Waals surface area contributed by atoms with Crippen LogP contribution in [-0.2, 0) is 4.74 Å². The van der Waals surface area contributed by atoms with Crippen LogP contribution in [0.1, 0.15) is 59.3 Å². The Kier molecular flexibility index (Phi) is 7.06. The molecule has 2 nitrogen and oxygen atoms in total. The number of hydrogen-bond acceptors (Lipinski definition) is 2. The minimum atomic E-state index is 0.473. The van der Waals surface area contributed by atoms with Gasteiger partial charge in [-0.3, -0.25) is 0 Å². The van der Waals surface area contributed by atoms with Crippen molar-refractivity contribution in [1.82, 2.24) is 5.32 Å². The molecule has 2 unspecified atom stereocenters. The monoisotopic (exact) mass is 227 g/mol. The molecule has 1 fully saturated rings. The van der Waals surface area contributed by atoms with Crippen molar-refractivity contribution in [2.24, 2.45) is 5.92 Å². The van der Waals surface area contributed by atoms with Gasteiger partial charge in [0.05, 0.1) is 6.10 Å². The van der Waals surface area contributed by atoms with Gasteiger partial charge in [0.25, 0.3) is 0 Å². The van der Waals surface area contributed by atoms with Gasteiger partial charge in [-0.1, -0.05) is 33.6 Å². The summed E-state index contributed by atoms with van der Waals surface area (Å²) in [6.07, 6.45) is 8.26. The highest BCUT2D eigenvalue weighted by atomic mass is 16.5. The largest absolute Gasteiger partial charge is 0.377 e. The van der Waals surface area contributed by atoms with E-state index in [2.05, 4.69) is 26.1 Å². The maximum Gasteiger partial charge on any atom is 0.0728 e. The molecule has 1 rings (SSSR count). The second kappa shape index (κ2) is 8.08. The molecule has 0 aromatic heterocycles. The zero-order chi connectivity index (χ0) is 11.8. The van der Waals surface area contributed by atoms with Crippen molar-refractivity contribution in [2.75, 3.05) is 13.2 Å². The average molecular weight is 227 g/mol. The van der Waals surface area contributed by atoms with Crippen LogP contribution in [0.25, 0.3) is 0 Å². The lowest BCUT2D eigenvalue weighted by molar-refractivity contribution is -0.00954. The summed E-state index contributed by atoms with van der Waals surface area (Å²) in [4.78, 5) is 0. The van der Waals surface area contributed by atoms with E-state index in [9.17, 15) is 0 Å². The number of ether oxygens (including phenoxy) is 1. The van der Waals surface area contributed by atoms with E-state index in [4.69, 9.17) is 4.74 Å². The zero-order valence-electron chi connectivity index (χ0n) is 11.3. The van der Waals surface area contributed by atoms with Crippen LogP contribution in [0.5, 0.6) is 0 Å². The molecule has 96 valence electrons. The van der Waals surface area contributed by atoms with Gasteiger partial charge >= 0.3 is 0 Å². The number of nitrogens with one attached hydrogen (secondary N) is 1. The Morgan fingerprint density at radius 3 is 2.62 bits per heavy atom. The lowest BCUT2D eigenvalue weighted by atomic mass is 9.95. The van der Waals surface area contributed by atoms with E-state index in [0.717, 1.165) is 19.1 Å². The summed E-state index contributed by atoms with van der Waals surface area (Å²) in [7, 11) is 0. The topological polar surface area (TPSA) is 21.3 Å². The van der Waals surface area contributed by atoms with Crippen LogP contribution >= 0.6 is 0 Å². The molecule has 1 aliphatic heterocycles. The third kappa shape index (κ3) is 5.31. The normalized spacial score (nSPS) is 23.6. The Labute approximate surface area is 101 Å². The fraction of sp³-hybridized carbons (Fsp3) is 1.00. The van der Waals surface area contributed by atoms with Gasteiger partial charge in [0.1, 0.15) is 0 Å². The minimum Gasteiger partial charge on any atom is -0.377 e. The predicted octanol–water partition coefficient (Wildman–Crippen LogP) is 3.36. The second-order valence-corrected chi connectivity index (χ2v) is 5.39. The number of hydrogen-bond donors (Lipinski definition) is 1.